The number of piperazine rings is 1. The van der Waals surface area contributed by atoms with Crippen molar-refractivity contribution in [1.82, 2.24) is 24.7 Å². The number of urea groups is 1. The van der Waals surface area contributed by atoms with Gasteiger partial charge in [0, 0.05) is 58.1 Å². The zero-order valence-corrected chi connectivity index (χ0v) is 19.6. The molecule has 1 aliphatic carbocycles. The molecule has 0 unspecified atom stereocenters. The average Bonchev–Trinajstić information content (AvgIpc) is 3.34. The smallest absolute Gasteiger partial charge is 0.354 e. The van der Waals surface area contributed by atoms with Crippen LogP contribution in [0.3, 0.4) is 0 Å². The van der Waals surface area contributed by atoms with Crippen LogP contribution in [-0.2, 0) is 6.42 Å². The number of carbonyl (C=O) groups excluding carboxylic acids is 1. The van der Waals surface area contributed by atoms with E-state index in [0.29, 0.717) is 18.8 Å². The van der Waals surface area contributed by atoms with Crippen molar-refractivity contribution in [3.05, 3.63) is 46.5 Å². The van der Waals surface area contributed by atoms with Gasteiger partial charge in [-0.15, -0.1) is 0 Å². The number of nitrogens with two attached hydrogens (primary N) is 1. The number of methoxy groups -OCH3 is 1. The average molecular weight is 468 g/mol. The largest absolute Gasteiger partial charge is 0.496 e. The second-order valence-corrected chi connectivity index (χ2v) is 9.37. The molecule has 2 aliphatic heterocycles. The van der Waals surface area contributed by atoms with E-state index in [1.807, 2.05) is 18.2 Å². The molecule has 0 radical (unpaired) electrons. The first-order valence-electron chi connectivity index (χ1n) is 12.0. The Morgan fingerprint density at radius 2 is 2.00 bits per heavy atom. The lowest BCUT2D eigenvalue weighted by Crippen LogP contribution is -2.48. The van der Waals surface area contributed by atoms with E-state index < -0.39 is 5.69 Å². The molecule has 2 aromatic rings. The Labute approximate surface area is 199 Å². The summed E-state index contributed by atoms with van der Waals surface area (Å²) in [5, 5.41) is 5.92. The zero-order chi connectivity index (χ0) is 23.7. The molecular formula is C24H33N7O3. The second-order valence-electron chi connectivity index (χ2n) is 9.37. The topological polar surface area (TPSA) is 118 Å². The third-order valence-corrected chi connectivity index (χ3v) is 7.41. The molecule has 2 saturated heterocycles. The van der Waals surface area contributed by atoms with E-state index in [9.17, 15) is 9.59 Å². The molecule has 2 amide bonds. The Kier molecular flexibility index (Phi) is 6.53. The molecule has 5 rings (SSSR count). The summed E-state index contributed by atoms with van der Waals surface area (Å²) in [6.45, 7) is 6.86. The normalized spacial score (nSPS) is 24.1. The van der Waals surface area contributed by atoms with Crippen LogP contribution in [0.4, 0.5) is 10.6 Å². The number of benzene rings is 1. The minimum Gasteiger partial charge on any atom is -0.496 e. The van der Waals surface area contributed by atoms with E-state index in [1.54, 1.807) is 24.3 Å². The number of anilines is 1. The monoisotopic (exact) mass is 467 g/mol. The van der Waals surface area contributed by atoms with Gasteiger partial charge >= 0.3 is 11.7 Å². The molecule has 3 fully saturated rings. The second kappa shape index (κ2) is 9.73. The van der Waals surface area contributed by atoms with Crippen LogP contribution in [0.1, 0.15) is 5.56 Å². The highest BCUT2D eigenvalue weighted by Gasteiger charge is 2.54. The van der Waals surface area contributed by atoms with Crippen molar-refractivity contribution in [3.63, 3.8) is 0 Å². The van der Waals surface area contributed by atoms with Crippen molar-refractivity contribution >= 4 is 11.8 Å². The SMILES string of the molecule is COc1cc(-n2ccc(NC(=O)N3CCNCC3)nc2=O)ccc1CCN1C[C@@H]2[C@@H](CN)[C@@H]2C1. The van der Waals surface area contributed by atoms with Crippen LogP contribution >= 0.6 is 0 Å². The Balaban J connectivity index is 1.22. The van der Waals surface area contributed by atoms with Crippen molar-refractivity contribution in [1.29, 1.82) is 0 Å². The maximum atomic E-state index is 12.7. The fourth-order valence-corrected chi connectivity index (χ4v) is 5.36. The Hall–Kier alpha value is -2.95. The zero-order valence-electron chi connectivity index (χ0n) is 19.6. The lowest BCUT2D eigenvalue weighted by Gasteiger charge is -2.27. The molecule has 34 heavy (non-hydrogen) atoms. The van der Waals surface area contributed by atoms with Crippen molar-refractivity contribution < 1.29 is 9.53 Å². The maximum Gasteiger partial charge on any atom is 0.354 e. The first-order valence-corrected chi connectivity index (χ1v) is 12.0. The molecule has 0 bridgehead atoms. The standard InChI is InChI=1S/C24H33N7O3/c1-34-21-12-17(3-2-16(21)4-8-29-14-19-18(13-25)20(19)15-29)31-9-5-22(28-24(31)33)27-23(32)30-10-6-26-7-11-30/h2-3,5,9,12,18-20,26H,4,6-8,10-11,13-15,25H2,1H3,(H,27,28,32,33)/t18-,19-,20+. The summed E-state index contributed by atoms with van der Waals surface area (Å²) in [6, 6.07) is 7.18. The van der Waals surface area contributed by atoms with E-state index in [4.69, 9.17) is 10.5 Å². The minimum absolute atomic E-state index is 0.244. The van der Waals surface area contributed by atoms with Gasteiger partial charge in [-0.1, -0.05) is 6.07 Å². The number of carbonyl (C=O) groups is 1. The predicted octanol–water partition coefficient (Wildman–Crippen LogP) is 0.357. The fraction of sp³-hybridized carbons (Fsp3) is 0.542. The number of likely N-dealkylation sites (tertiary alicyclic amines) is 1. The number of amides is 2. The van der Waals surface area contributed by atoms with Gasteiger partial charge in [-0.25, -0.2) is 9.59 Å². The quantitative estimate of drug-likeness (QED) is 0.538. The molecule has 0 spiro atoms. The van der Waals surface area contributed by atoms with Gasteiger partial charge in [0.05, 0.1) is 12.8 Å². The predicted molar refractivity (Wildman–Crippen MR) is 130 cm³/mol. The lowest BCUT2D eigenvalue weighted by atomic mass is 10.1. The van der Waals surface area contributed by atoms with Gasteiger partial charge in [0.2, 0.25) is 0 Å². The molecule has 10 nitrogen and oxygen atoms in total. The molecule has 1 aromatic carbocycles. The van der Waals surface area contributed by atoms with Gasteiger partial charge in [0.1, 0.15) is 11.6 Å². The summed E-state index contributed by atoms with van der Waals surface area (Å²) >= 11 is 0. The summed E-state index contributed by atoms with van der Waals surface area (Å²) in [5.74, 6) is 3.31. The Morgan fingerprint density at radius 1 is 1.24 bits per heavy atom. The lowest BCUT2D eigenvalue weighted by molar-refractivity contribution is 0.204. The van der Waals surface area contributed by atoms with Gasteiger partial charge in [0.15, 0.2) is 0 Å². The van der Waals surface area contributed by atoms with E-state index in [-0.39, 0.29) is 11.8 Å². The van der Waals surface area contributed by atoms with Gasteiger partial charge in [-0.05, 0) is 48.4 Å². The van der Waals surface area contributed by atoms with Crippen LogP contribution < -0.4 is 26.8 Å². The van der Waals surface area contributed by atoms with Crippen LogP contribution in [0, 0.1) is 17.8 Å². The summed E-state index contributed by atoms with van der Waals surface area (Å²) in [4.78, 5) is 33.3. The number of hydrogen-bond acceptors (Lipinski definition) is 7. The third kappa shape index (κ3) is 4.66. The van der Waals surface area contributed by atoms with Crippen molar-refractivity contribution in [2.45, 2.75) is 6.42 Å². The number of ether oxygens (including phenoxy) is 1. The number of nitrogens with zero attached hydrogens (tertiary/aromatic N) is 4. The van der Waals surface area contributed by atoms with Crippen LogP contribution in [-0.4, -0.2) is 84.8 Å². The maximum absolute atomic E-state index is 12.7. The molecule has 1 saturated carbocycles. The first kappa shape index (κ1) is 22.8. The fourth-order valence-electron chi connectivity index (χ4n) is 5.36. The van der Waals surface area contributed by atoms with Gasteiger partial charge in [-0.3, -0.25) is 9.88 Å². The summed E-state index contributed by atoms with van der Waals surface area (Å²) in [6.07, 6.45) is 2.52. The number of piperidine rings is 1. The highest BCUT2D eigenvalue weighted by molar-refractivity contribution is 5.88. The number of rotatable bonds is 7. The highest BCUT2D eigenvalue weighted by atomic mass is 16.5. The molecule has 1 aromatic heterocycles. The number of hydrogen-bond donors (Lipinski definition) is 3. The Bertz CT molecular complexity index is 1090. The minimum atomic E-state index is -0.460. The molecule has 10 heteroatoms. The molecule has 3 atom stereocenters. The van der Waals surface area contributed by atoms with Crippen molar-refractivity contribution in [2.24, 2.45) is 23.5 Å². The van der Waals surface area contributed by atoms with Crippen LogP contribution in [0.2, 0.25) is 0 Å². The van der Waals surface area contributed by atoms with E-state index >= 15 is 0 Å². The van der Waals surface area contributed by atoms with Crippen LogP contribution in [0.25, 0.3) is 5.69 Å². The van der Waals surface area contributed by atoms with E-state index in [0.717, 1.165) is 74.8 Å². The molecule has 3 aliphatic rings. The van der Waals surface area contributed by atoms with Gasteiger partial charge in [0.25, 0.3) is 0 Å². The van der Waals surface area contributed by atoms with E-state index in [2.05, 4.69) is 20.5 Å². The molecule has 4 N–H and O–H groups in total. The molecule has 3 heterocycles. The first-order chi connectivity index (χ1) is 16.6. The summed E-state index contributed by atoms with van der Waals surface area (Å²) < 4.78 is 7.08. The van der Waals surface area contributed by atoms with Crippen LogP contribution in [0.15, 0.2) is 35.3 Å². The summed E-state index contributed by atoms with van der Waals surface area (Å²) in [5.41, 5.74) is 7.15. The molecular weight excluding hydrogens is 434 g/mol. The van der Waals surface area contributed by atoms with E-state index in [1.165, 1.54) is 4.57 Å². The highest BCUT2D eigenvalue weighted by Crippen LogP contribution is 2.50. The number of fused-ring (bicyclic) bond motifs is 1. The van der Waals surface area contributed by atoms with Crippen molar-refractivity contribution in [3.8, 4) is 11.4 Å². The van der Waals surface area contributed by atoms with Crippen molar-refractivity contribution in [2.75, 3.05) is 64.8 Å². The van der Waals surface area contributed by atoms with Gasteiger partial charge < -0.3 is 25.6 Å². The number of nitrogens with one attached hydrogen (secondary N) is 2. The third-order valence-electron chi connectivity index (χ3n) is 7.41. The number of aromatic nitrogens is 2. The Morgan fingerprint density at radius 3 is 2.68 bits per heavy atom. The van der Waals surface area contributed by atoms with Gasteiger partial charge in [-0.2, -0.15) is 4.98 Å². The van der Waals surface area contributed by atoms with Crippen LogP contribution in [0.5, 0.6) is 5.75 Å². The molecule has 182 valence electrons. The summed E-state index contributed by atoms with van der Waals surface area (Å²) in [7, 11) is 1.65.